The van der Waals surface area contributed by atoms with Crippen molar-refractivity contribution >= 4 is 33.4 Å². The fraction of sp³-hybridized carbons (Fsp3) is 0.333. The number of amides is 1. The highest BCUT2D eigenvalue weighted by Gasteiger charge is 2.33. The molecule has 1 aliphatic carbocycles. The summed E-state index contributed by atoms with van der Waals surface area (Å²) in [5.41, 5.74) is 0.00531. The monoisotopic (exact) mass is 409 g/mol. The SMILES string of the molecule is N#CC1(NC(=O)COC(=O)c2ccc(-c3nc4ccccc4s3)o2)CCCCC1. The van der Waals surface area contributed by atoms with E-state index in [1.807, 2.05) is 24.3 Å². The van der Waals surface area contributed by atoms with Gasteiger partial charge in [0.25, 0.3) is 5.91 Å². The number of rotatable bonds is 5. The Morgan fingerprint density at radius 1 is 1.21 bits per heavy atom. The Balaban J connectivity index is 1.37. The number of esters is 1. The minimum atomic E-state index is -0.855. The third kappa shape index (κ3) is 4.15. The molecular formula is C21H19N3O4S. The molecule has 0 saturated heterocycles. The Morgan fingerprint density at radius 3 is 2.76 bits per heavy atom. The maximum Gasteiger partial charge on any atom is 0.374 e. The van der Waals surface area contributed by atoms with Crippen LogP contribution in [0, 0.1) is 11.3 Å². The van der Waals surface area contributed by atoms with Crippen molar-refractivity contribution in [3.8, 4) is 16.8 Å². The number of hydrogen-bond acceptors (Lipinski definition) is 7. The lowest BCUT2D eigenvalue weighted by atomic mass is 9.83. The maximum absolute atomic E-state index is 12.2. The molecule has 2 heterocycles. The van der Waals surface area contributed by atoms with E-state index in [-0.39, 0.29) is 5.76 Å². The van der Waals surface area contributed by atoms with Crippen LogP contribution in [0.25, 0.3) is 21.0 Å². The molecule has 1 saturated carbocycles. The van der Waals surface area contributed by atoms with Gasteiger partial charge < -0.3 is 14.5 Å². The molecule has 0 spiro atoms. The Bertz CT molecular complexity index is 1060. The lowest BCUT2D eigenvalue weighted by Crippen LogP contribution is -2.50. The largest absolute Gasteiger partial charge is 0.450 e. The van der Waals surface area contributed by atoms with Crippen LogP contribution in [0.1, 0.15) is 42.7 Å². The van der Waals surface area contributed by atoms with E-state index in [9.17, 15) is 14.9 Å². The molecule has 0 aliphatic heterocycles. The molecule has 1 aromatic carbocycles. The number of para-hydroxylation sites is 1. The van der Waals surface area contributed by atoms with Gasteiger partial charge in [-0.1, -0.05) is 31.4 Å². The van der Waals surface area contributed by atoms with Crippen molar-refractivity contribution in [2.45, 2.75) is 37.6 Å². The second-order valence-electron chi connectivity index (χ2n) is 7.03. The smallest absolute Gasteiger partial charge is 0.374 e. The molecule has 3 aromatic rings. The van der Waals surface area contributed by atoms with E-state index >= 15 is 0 Å². The molecule has 0 bridgehead atoms. The predicted molar refractivity (Wildman–Crippen MR) is 107 cm³/mol. The van der Waals surface area contributed by atoms with E-state index in [1.54, 1.807) is 6.07 Å². The third-order valence-electron chi connectivity index (χ3n) is 4.95. The number of nitrogens with zero attached hydrogens (tertiary/aromatic N) is 2. The average Bonchev–Trinajstić information content (AvgIpc) is 3.39. The number of hydrogen-bond donors (Lipinski definition) is 1. The summed E-state index contributed by atoms with van der Waals surface area (Å²) in [4.78, 5) is 28.9. The summed E-state index contributed by atoms with van der Waals surface area (Å²) in [7, 11) is 0. The molecule has 1 fully saturated rings. The average molecular weight is 409 g/mol. The Kier molecular flexibility index (Phi) is 5.32. The van der Waals surface area contributed by atoms with Gasteiger partial charge in [0.2, 0.25) is 5.76 Å². The number of aromatic nitrogens is 1. The number of thiazole rings is 1. The van der Waals surface area contributed by atoms with E-state index in [2.05, 4.69) is 16.4 Å². The summed E-state index contributed by atoms with van der Waals surface area (Å²) >= 11 is 1.46. The van der Waals surface area contributed by atoms with Gasteiger partial charge in [0.05, 0.1) is 16.3 Å². The van der Waals surface area contributed by atoms with Gasteiger partial charge in [-0.25, -0.2) is 9.78 Å². The summed E-state index contributed by atoms with van der Waals surface area (Å²) in [6.45, 7) is -0.459. The first kappa shape index (κ1) is 19.2. The van der Waals surface area contributed by atoms with Gasteiger partial charge in [0.15, 0.2) is 17.4 Å². The number of nitriles is 1. The summed E-state index contributed by atoms with van der Waals surface area (Å²) in [6, 6.07) is 13.1. The number of ether oxygens (including phenoxy) is 1. The minimum Gasteiger partial charge on any atom is -0.450 e. The first-order chi connectivity index (χ1) is 14.1. The van der Waals surface area contributed by atoms with Gasteiger partial charge in [0.1, 0.15) is 5.54 Å². The van der Waals surface area contributed by atoms with E-state index < -0.39 is 24.0 Å². The lowest BCUT2D eigenvalue weighted by Gasteiger charge is -2.31. The lowest BCUT2D eigenvalue weighted by molar-refractivity contribution is -0.126. The van der Waals surface area contributed by atoms with Crippen LogP contribution in [0.5, 0.6) is 0 Å². The van der Waals surface area contributed by atoms with Gasteiger partial charge in [-0.05, 0) is 37.1 Å². The first-order valence-electron chi connectivity index (χ1n) is 9.44. The summed E-state index contributed by atoms with van der Waals surface area (Å²) < 4.78 is 11.7. The standard InChI is InChI=1S/C21H19N3O4S/c22-13-21(10-4-1-5-11-21)24-18(25)12-27-20(26)16-9-8-15(28-16)19-23-14-6-2-3-7-17(14)29-19/h2-3,6-9H,1,4-5,10-12H2,(H,24,25). The van der Waals surface area contributed by atoms with Gasteiger partial charge >= 0.3 is 5.97 Å². The molecule has 4 rings (SSSR count). The topological polar surface area (TPSA) is 105 Å². The van der Waals surface area contributed by atoms with Crippen molar-refractivity contribution in [2.24, 2.45) is 0 Å². The highest BCUT2D eigenvalue weighted by Crippen LogP contribution is 2.31. The number of furan rings is 1. The van der Waals surface area contributed by atoms with Gasteiger partial charge in [-0.3, -0.25) is 4.79 Å². The Morgan fingerprint density at radius 2 is 2.00 bits per heavy atom. The zero-order chi connectivity index (χ0) is 20.3. The molecule has 1 aliphatic rings. The molecule has 29 heavy (non-hydrogen) atoms. The van der Waals surface area contributed by atoms with Crippen LogP contribution in [-0.2, 0) is 9.53 Å². The summed E-state index contributed by atoms with van der Waals surface area (Å²) in [6.07, 6.45) is 4.09. The molecule has 7 nitrogen and oxygen atoms in total. The molecule has 0 radical (unpaired) electrons. The van der Waals surface area contributed by atoms with Crippen LogP contribution in [0.15, 0.2) is 40.8 Å². The molecule has 1 amide bonds. The molecule has 8 heteroatoms. The van der Waals surface area contributed by atoms with Crippen LogP contribution in [0.3, 0.4) is 0 Å². The van der Waals surface area contributed by atoms with Crippen molar-refractivity contribution in [1.82, 2.24) is 10.3 Å². The van der Waals surface area contributed by atoms with Crippen molar-refractivity contribution < 1.29 is 18.7 Å². The number of nitrogens with one attached hydrogen (secondary N) is 1. The molecular weight excluding hydrogens is 390 g/mol. The Labute approximate surface area is 171 Å². The fourth-order valence-electron chi connectivity index (χ4n) is 3.47. The maximum atomic E-state index is 12.2. The van der Waals surface area contributed by atoms with Crippen LogP contribution in [0.2, 0.25) is 0 Å². The summed E-state index contributed by atoms with van der Waals surface area (Å²) in [5, 5.41) is 12.8. The molecule has 2 aromatic heterocycles. The first-order valence-corrected chi connectivity index (χ1v) is 10.3. The third-order valence-corrected chi connectivity index (χ3v) is 6.00. The van der Waals surface area contributed by atoms with Crippen LogP contribution in [0.4, 0.5) is 0 Å². The molecule has 148 valence electrons. The van der Waals surface area contributed by atoms with E-state index in [0.29, 0.717) is 23.6 Å². The van der Waals surface area contributed by atoms with Crippen LogP contribution in [-0.4, -0.2) is 29.0 Å². The number of fused-ring (bicyclic) bond motifs is 1. The summed E-state index contributed by atoms with van der Waals surface area (Å²) in [5.74, 6) is -0.755. The van der Waals surface area contributed by atoms with Crippen molar-refractivity contribution in [3.63, 3.8) is 0 Å². The van der Waals surface area contributed by atoms with Crippen molar-refractivity contribution in [1.29, 1.82) is 5.26 Å². The Hall–Kier alpha value is -3.18. The van der Waals surface area contributed by atoms with E-state index in [1.165, 1.54) is 17.4 Å². The molecule has 0 unspecified atom stereocenters. The fourth-order valence-corrected chi connectivity index (χ4v) is 4.39. The van der Waals surface area contributed by atoms with E-state index in [0.717, 1.165) is 29.5 Å². The highest BCUT2D eigenvalue weighted by atomic mass is 32.1. The quantitative estimate of drug-likeness (QED) is 0.637. The van der Waals surface area contributed by atoms with E-state index in [4.69, 9.17) is 9.15 Å². The minimum absolute atomic E-state index is 0.000260. The van der Waals surface area contributed by atoms with Crippen LogP contribution < -0.4 is 5.32 Å². The predicted octanol–water partition coefficient (Wildman–Crippen LogP) is 4.06. The van der Waals surface area contributed by atoms with Gasteiger partial charge in [-0.2, -0.15) is 5.26 Å². The highest BCUT2D eigenvalue weighted by molar-refractivity contribution is 7.21. The van der Waals surface area contributed by atoms with Crippen molar-refractivity contribution in [2.75, 3.05) is 6.61 Å². The van der Waals surface area contributed by atoms with Crippen LogP contribution >= 0.6 is 11.3 Å². The number of carbonyl (C=O) groups is 2. The molecule has 1 N–H and O–H groups in total. The van der Waals surface area contributed by atoms with Gasteiger partial charge in [-0.15, -0.1) is 11.3 Å². The number of carbonyl (C=O) groups excluding carboxylic acids is 2. The zero-order valence-corrected chi connectivity index (χ0v) is 16.5. The number of benzene rings is 1. The zero-order valence-electron chi connectivity index (χ0n) is 15.6. The molecule has 0 atom stereocenters. The second kappa shape index (κ2) is 8.05. The second-order valence-corrected chi connectivity index (χ2v) is 8.06. The van der Waals surface area contributed by atoms with Gasteiger partial charge in [0, 0.05) is 0 Å². The normalized spacial score (nSPS) is 15.6. The van der Waals surface area contributed by atoms with Crippen molar-refractivity contribution in [3.05, 3.63) is 42.2 Å².